The number of fused-ring (bicyclic) bond motifs is 6. The number of carboxylic acids is 1. The molecule has 0 amide bonds. The van der Waals surface area contributed by atoms with Crippen LogP contribution in [0.3, 0.4) is 0 Å². The Kier molecular flexibility index (Phi) is 8.37. The summed E-state index contributed by atoms with van der Waals surface area (Å²) in [6.07, 6.45) is 4.07. The van der Waals surface area contributed by atoms with E-state index < -0.39 is 16.0 Å². The molecule has 0 unspecified atom stereocenters. The number of carbonyl (C=O) groups is 1. The van der Waals surface area contributed by atoms with Crippen molar-refractivity contribution in [2.45, 2.75) is 44.4 Å². The number of imidazole rings is 1. The summed E-state index contributed by atoms with van der Waals surface area (Å²) in [6, 6.07) is 21.6. The van der Waals surface area contributed by atoms with Crippen molar-refractivity contribution >= 4 is 60.3 Å². The van der Waals surface area contributed by atoms with Crippen LogP contribution in [-0.2, 0) is 10.0 Å². The first-order chi connectivity index (χ1) is 22.7. The number of carboxylic acid groups (broad SMARTS) is 1. The molecule has 0 atom stereocenters. The standard InChI is InChI=1S/C35H30N6O5S/c1-3-5-17-40(18-6-4-2)23-13-16-25-26(20-36)31-32(46-30(25)19-23)27(21-37)33(41-29-10-8-7-9-28(29)38-34(31)41)39-47(44,45)24-14-11-22(12-15-24)35(42)43/h7-16,19H,3-6,17-18H2,1-2H3,(H,42,43)/b39-33+. The van der Waals surface area contributed by atoms with Gasteiger partial charge in [-0.1, -0.05) is 38.8 Å². The number of nitriles is 2. The monoisotopic (exact) mass is 646 g/mol. The van der Waals surface area contributed by atoms with Crippen molar-refractivity contribution in [2.75, 3.05) is 18.0 Å². The van der Waals surface area contributed by atoms with Gasteiger partial charge in [0.25, 0.3) is 10.0 Å². The molecule has 11 nitrogen and oxygen atoms in total. The molecule has 3 aromatic carbocycles. The lowest BCUT2D eigenvalue weighted by atomic mass is 10.0. The molecule has 12 heteroatoms. The molecule has 0 aliphatic carbocycles. The molecule has 47 heavy (non-hydrogen) atoms. The molecular formula is C35H30N6O5S. The van der Waals surface area contributed by atoms with Gasteiger partial charge in [0.05, 0.1) is 32.4 Å². The molecule has 3 heterocycles. The van der Waals surface area contributed by atoms with Gasteiger partial charge in [0.1, 0.15) is 23.3 Å². The fraction of sp³-hybridized carbons (Fsp3) is 0.229. The van der Waals surface area contributed by atoms with Gasteiger partial charge < -0.3 is 14.4 Å². The van der Waals surface area contributed by atoms with Gasteiger partial charge in [-0.2, -0.15) is 18.9 Å². The van der Waals surface area contributed by atoms with Gasteiger partial charge in [-0.3, -0.25) is 4.40 Å². The largest absolute Gasteiger partial charge is 0.478 e. The second kappa shape index (κ2) is 12.6. The molecule has 0 spiro atoms. The molecule has 0 saturated heterocycles. The van der Waals surface area contributed by atoms with Gasteiger partial charge >= 0.3 is 5.97 Å². The lowest BCUT2D eigenvalue weighted by Gasteiger charge is -2.25. The van der Waals surface area contributed by atoms with Crippen LogP contribution in [0.25, 0.3) is 38.6 Å². The fourth-order valence-electron chi connectivity index (χ4n) is 5.73. The first-order valence-electron chi connectivity index (χ1n) is 15.3. The third kappa shape index (κ3) is 5.53. The van der Waals surface area contributed by atoms with E-state index >= 15 is 0 Å². The number of rotatable bonds is 10. The van der Waals surface area contributed by atoms with Crippen LogP contribution >= 0.6 is 0 Å². The van der Waals surface area contributed by atoms with Crippen LogP contribution < -0.4 is 10.4 Å². The summed E-state index contributed by atoms with van der Waals surface area (Å²) in [5.74, 6) is -1.21. The molecule has 3 aromatic heterocycles. The predicted octanol–water partition coefficient (Wildman–Crippen LogP) is 6.52. The van der Waals surface area contributed by atoms with Crippen molar-refractivity contribution in [2.24, 2.45) is 4.40 Å². The number of hydrogen-bond donors (Lipinski definition) is 1. The Morgan fingerprint density at radius 1 is 0.979 bits per heavy atom. The number of nitrogens with zero attached hydrogens (tertiary/aromatic N) is 6. The van der Waals surface area contributed by atoms with Crippen LogP contribution in [0.4, 0.5) is 5.69 Å². The van der Waals surface area contributed by atoms with Crippen LogP contribution in [0, 0.1) is 22.7 Å². The Bertz CT molecular complexity index is 2460. The lowest BCUT2D eigenvalue weighted by molar-refractivity contribution is 0.0696. The summed E-state index contributed by atoms with van der Waals surface area (Å²) in [7, 11) is -4.47. The summed E-state index contributed by atoms with van der Waals surface area (Å²) < 4.78 is 39.4. The Hall–Kier alpha value is -5.72. The van der Waals surface area contributed by atoms with Gasteiger partial charge in [0.2, 0.25) is 0 Å². The normalized spacial score (nSPS) is 12.1. The quantitative estimate of drug-likeness (QED) is 0.163. The molecule has 6 aromatic rings. The van der Waals surface area contributed by atoms with Crippen molar-refractivity contribution in [1.29, 1.82) is 10.5 Å². The Labute approximate surface area is 270 Å². The van der Waals surface area contributed by atoms with Crippen molar-refractivity contribution in [1.82, 2.24) is 9.38 Å². The number of hydrogen-bond acceptors (Lipinski definition) is 8. The van der Waals surface area contributed by atoms with Crippen molar-refractivity contribution < 1.29 is 22.7 Å². The highest BCUT2D eigenvalue weighted by molar-refractivity contribution is 7.90. The molecule has 0 aliphatic rings. The minimum absolute atomic E-state index is 0.0136. The molecule has 0 radical (unpaired) electrons. The highest BCUT2D eigenvalue weighted by atomic mass is 32.2. The molecular weight excluding hydrogens is 616 g/mol. The Balaban J connectivity index is 1.72. The number of anilines is 1. The van der Waals surface area contributed by atoms with E-state index in [-0.39, 0.29) is 43.7 Å². The van der Waals surface area contributed by atoms with E-state index in [1.165, 1.54) is 16.5 Å². The molecule has 0 saturated carbocycles. The molecule has 1 N–H and O–H groups in total. The molecule has 0 aliphatic heterocycles. The Morgan fingerprint density at radius 2 is 1.66 bits per heavy atom. The van der Waals surface area contributed by atoms with Crippen LogP contribution in [0.15, 0.2) is 80.4 Å². The van der Waals surface area contributed by atoms with Crippen molar-refractivity contribution in [3.8, 4) is 12.1 Å². The summed E-state index contributed by atoms with van der Waals surface area (Å²) in [6.45, 7) is 5.96. The zero-order valence-corrected chi connectivity index (χ0v) is 26.6. The van der Waals surface area contributed by atoms with E-state index in [4.69, 9.17) is 9.40 Å². The van der Waals surface area contributed by atoms with Crippen LogP contribution in [0.1, 0.15) is 61.0 Å². The summed E-state index contributed by atoms with van der Waals surface area (Å²) in [5.41, 5.74) is 2.12. The van der Waals surface area contributed by atoms with Crippen molar-refractivity contribution in [3.05, 3.63) is 88.9 Å². The first kappa shape index (κ1) is 31.3. The van der Waals surface area contributed by atoms with E-state index in [0.29, 0.717) is 22.0 Å². The number of aromatic nitrogens is 2. The highest BCUT2D eigenvalue weighted by Crippen LogP contribution is 2.35. The third-order valence-corrected chi connectivity index (χ3v) is 9.41. The number of benzene rings is 3. The first-order valence-corrected chi connectivity index (χ1v) is 16.7. The molecule has 6 rings (SSSR count). The second-order valence-electron chi connectivity index (χ2n) is 11.1. The maximum absolute atomic E-state index is 13.7. The minimum atomic E-state index is -4.47. The molecule has 236 valence electrons. The van der Waals surface area contributed by atoms with E-state index in [9.17, 15) is 28.8 Å². The van der Waals surface area contributed by atoms with Crippen LogP contribution in [-0.4, -0.2) is 42.0 Å². The van der Waals surface area contributed by atoms with E-state index in [0.717, 1.165) is 56.6 Å². The minimum Gasteiger partial charge on any atom is -0.478 e. The lowest BCUT2D eigenvalue weighted by Crippen LogP contribution is -2.25. The number of sulfonamides is 1. The average molecular weight is 647 g/mol. The number of unbranched alkanes of at least 4 members (excludes halogenated alkanes) is 2. The third-order valence-electron chi connectivity index (χ3n) is 8.13. The van der Waals surface area contributed by atoms with E-state index in [1.807, 2.05) is 18.2 Å². The van der Waals surface area contributed by atoms with Gasteiger partial charge in [0, 0.05) is 30.2 Å². The molecule has 0 bridgehead atoms. The van der Waals surface area contributed by atoms with Crippen LogP contribution in [0.2, 0.25) is 0 Å². The number of para-hydroxylation sites is 2. The SMILES string of the molecule is CCCCN(CCCC)c1ccc2c(C#N)c3c(oc2c1)c(C#N)/c(=N\S(=O)(=O)c1ccc(C(=O)O)cc1)n1c2ccccc2nc31. The zero-order chi connectivity index (χ0) is 33.3. The second-order valence-corrected chi connectivity index (χ2v) is 12.7. The van der Waals surface area contributed by atoms with Gasteiger partial charge in [0.15, 0.2) is 16.7 Å². The summed E-state index contributed by atoms with van der Waals surface area (Å²) in [5, 5.41) is 31.1. The Morgan fingerprint density at radius 3 is 2.30 bits per heavy atom. The average Bonchev–Trinajstić information content (AvgIpc) is 3.47. The van der Waals surface area contributed by atoms with E-state index in [1.54, 1.807) is 24.3 Å². The highest BCUT2D eigenvalue weighted by Gasteiger charge is 2.25. The van der Waals surface area contributed by atoms with Gasteiger partial charge in [-0.25, -0.2) is 9.78 Å². The zero-order valence-electron chi connectivity index (χ0n) is 25.8. The predicted molar refractivity (Wildman–Crippen MR) is 178 cm³/mol. The smallest absolute Gasteiger partial charge is 0.335 e. The van der Waals surface area contributed by atoms with Gasteiger partial charge in [-0.05, 0) is 61.4 Å². The van der Waals surface area contributed by atoms with Crippen molar-refractivity contribution in [3.63, 3.8) is 0 Å². The summed E-state index contributed by atoms with van der Waals surface area (Å²) >= 11 is 0. The molecule has 0 fully saturated rings. The van der Waals surface area contributed by atoms with Gasteiger partial charge in [-0.15, -0.1) is 4.40 Å². The topological polar surface area (TPSA) is 165 Å². The fourth-order valence-corrected chi connectivity index (χ4v) is 6.71. The van der Waals surface area contributed by atoms with E-state index in [2.05, 4.69) is 35.3 Å². The maximum atomic E-state index is 13.7. The number of aromatic carboxylic acids is 1. The van der Waals surface area contributed by atoms with Crippen LogP contribution in [0.5, 0.6) is 0 Å². The summed E-state index contributed by atoms with van der Waals surface area (Å²) in [4.78, 5) is 18.1. The number of pyridine rings is 1. The maximum Gasteiger partial charge on any atom is 0.335 e.